The highest BCUT2D eigenvalue weighted by Crippen LogP contribution is 2.20. The summed E-state index contributed by atoms with van der Waals surface area (Å²) in [6.45, 7) is 5.23. The minimum atomic E-state index is -0.579. The third kappa shape index (κ3) is 3.23. The quantitative estimate of drug-likeness (QED) is 0.837. The molecule has 0 aliphatic heterocycles. The summed E-state index contributed by atoms with van der Waals surface area (Å²) in [7, 11) is 0. The van der Waals surface area contributed by atoms with Crippen molar-refractivity contribution in [3.8, 4) is 5.75 Å². The Labute approximate surface area is 106 Å². The van der Waals surface area contributed by atoms with E-state index in [1.807, 2.05) is 6.92 Å². The molecule has 0 bridgehead atoms. The van der Waals surface area contributed by atoms with E-state index in [2.05, 4.69) is 0 Å². The molecule has 1 aromatic carbocycles. The molecule has 0 atom stereocenters. The molecular formula is C13H18N2O3. The first kappa shape index (κ1) is 14.0. The number of carbonyl (C=O) groups excluding carboxylic acids is 2. The van der Waals surface area contributed by atoms with Crippen molar-refractivity contribution in [1.29, 1.82) is 0 Å². The average Bonchev–Trinajstić information content (AvgIpc) is 2.27. The van der Waals surface area contributed by atoms with Crippen LogP contribution in [0.1, 0.15) is 29.8 Å². The molecule has 0 aliphatic carbocycles. The Bertz CT molecular complexity index is 469. The fraction of sp³-hybridized carbons (Fsp3) is 0.385. The molecule has 0 radical (unpaired) electrons. The van der Waals surface area contributed by atoms with E-state index in [4.69, 9.17) is 5.73 Å². The maximum absolute atomic E-state index is 12.3. The van der Waals surface area contributed by atoms with Gasteiger partial charge in [-0.3, -0.25) is 9.59 Å². The van der Waals surface area contributed by atoms with Crippen molar-refractivity contribution in [1.82, 2.24) is 4.90 Å². The molecule has 5 heteroatoms. The number of nitrogens with two attached hydrogens (primary N) is 1. The molecule has 3 N–H and O–H groups in total. The van der Waals surface area contributed by atoms with Gasteiger partial charge >= 0.3 is 0 Å². The standard InChI is InChI=1S/C13H18N2O3/c1-8(2)15(7-12(14)17)13(18)10-6-9(3)4-5-11(10)16/h4-6,8,16H,7H2,1-3H3,(H2,14,17). The van der Waals surface area contributed by atoms with Crippen LogP contribution in [0.4, 0.5) is 0 Å². The number of primary amides is 1. The van der Waals surface area contributed by atoms with Crippen LogP contribution in [0.2, 0.25) is 0 Å². The van der Waals surface area contributed by atoms with Gasteiger partial charge in [0.2, 0.25) is 5.91 Å². The normalized spacial score (nSPS) is 10.4. The van der Waals surface area contributed by atoms with E-state index in [1.165, 1.54) is 11.0 Å². The molecule has 0 heterocycles. The largest absolute Gasteiger partial charge is 0.507 e. The maximum atomic E-state index is 12.3. The van der Waals surface area contributed by atoms with Gasteiger partial charge in [-0.25, -0.2) is 0 Å². The summed E-state index contributed by atoms with van der Waals surface area (Å²) in [4.78, 5) is 24.6. The number of rotatable bonds is 4. The molecular weight excluding hydrogens is 232 g/mol. The highest BCUT2D eigenvalue weighted by Gasteiger charge is 2.22. The second-order valence-corrected chi connectivity index (χ2v) is 4.51. The van der Waals surface area contributed by atoms with Crippen molar-refractivity contribution in [2.45, 2.75) is 26.8 Å². The van der Waals surface area contributed by atoms with Crippen LogP contribution in [0.15, 0.2) is 18.2 Å². The summed E-state index contributed by atoms with van der Waals surface area (Å²) in [6, 6.07) is 4.59. The predicted molar refractivity (Wildman–Crippen MR) is 68.2 cm³/mol. The van der Waals surface area contributed by atoms with Gasteiger partial charge in [-0.1, -0.05) is 11.6 Å². The maximum Gasteiger partial charge on any atom is 0.258 e. The predicted octanol–water partition coefficient (Wildman–Crippen LogP) is 1.04. The number of benzene rings is 1. The Morgan fingerprint density at radius 3 is 2.50 bits per heavy atom. The lowest BCUT2D eigenvalue weighted by Crippen LogP contribution is -2.42. The summed E-state index contributed by atoms with van der Waals surface area (Å²) < 4.78 is 0. The molecule has 1 rings (SSSR count). The van der Waals surface area contributed by atoms with Gasteiger partial charge in [-0.2, -0.15) is 0 Å². The number of phenols is 1. The van der Waals surface area contributed by atoms with Crippen LogP contribution in [-0.2, 0) is 4.79 Å². The number of aryl methyl sites for hydroxylation is 1. The Hall–Kier alpha value is -2.04. The molecule has 18 heavy (non-hydrogen) atoms. The second-order valence-electron chi connectivity index (χ2n) is 4.51. The zero-order chi connectivity index (χ0) is 13.9. The van der Waals surface area contributed by atoms with E-state index in [0.29, 0.717) is 0 Å². The summed E-state index contributed by atoms with van der Waals surface area (Å²) in [5.74, 6) is -1.07. The summed E-state index contributed by atoms with van der Waals surface area (Å²) in [5, 5.41) is 9.71. The van der Waals surface area contributed by atoms with Crippen molar-refractivity contribution in [2.75, 3.05) is 6.54 Å². The molecule has 0 spiro atoms. The van der Waals surface area contributed by atoms with Crippen LogP contribution < -0.4 is 5.73 Å². The molecule has 0 saturated carbocycles. The van der Waals surface area contributed by atoms with Crippen LogP contribution in [0, 0.1) is 6.92 Å². The molecule has 0 unspecified atom stereocenters. The van der Waals surface area contributed by atoms with Crippen molar-refractivity contribution in [3.05, 3.63) is 29.3 Å². The SMILES string of the molecule is Cc1ccc(O)c(C(=O)N(CC(N)=O)C(C)C)c1. The van der Waals surface area contributed by atoms with E-state index >= 15 is 0 Å². The van der Waals surface area contributed by atoms with Crippen LogP contribution in [0.5, 0.6) is 5.75 Å². The lowest BCUT2D eigenvalue weighted by Gasteiger charge is -2.25. The second kappa shape index (κ2) is 5.53. The van der Waals surface area contributed by atoms with Crippen LogP contribution in [0.25, 0.3) is 0 Å². The zero-order valence-corrected chi connectivity index (χ0v) is 10.8. The first-order valence-electron chi connectivity index (χ1n) is 5.71. The van der Waals surface area contributed by atoms with Crippen molar-refractivity contribution in [3.63, 3.8) is 0 Å². The monoisotopic (exact) mass is 250 g/mol. The van der Waals surface area contributed by atoms with Crippen LogP contribution in [-0.4, -0.2) is 34.4 Å². The number of carbonyl (C=O) groups is 2. The van der Waals surface area contributed by atoms with Crippen molar-refractivity contribution >= 4 is 11.8 Å². The van der Waals surface area contributed by atoms with Crippen LogP contribution in [0.3, 0.4) is 0 Å². The molecule has 1 aromatic rings. The number of nitrogens with zero attached hydrogens (tertiary/aromatic N) is 1. The highest BCUT2D eigenvalue weighted by molar-refractivity contribution is 5.98. The van der Waals surface area contributed by atoms with Gasteiger partial charge in [0.1, 0.15) is 5.75 Å². The number of phenolic OH excluding ortho intramolecular Hbond substituents is 1. The molecule has 0 saturated heterocycles. The Morgan fingerprint density at radius 2 is 2.00 bits per heavy atom. The first-order chi connectivity index (χ1) is 8.32. The van der Waals surface area contributed by atoms with E-state index in [1.54, 1.807) is 26.0 Å². The minimum absolute atomic E-state index is 0.0966. The molecule has 0 aliphatic rings. The van der Waals surface area contributed by atoms with E-state index in [0.717, 1.165) is 5.56 Å². The third-order valence-electron chi connectivity index (χ3n) is 2.59. The van der Waals surface area contributed by atoms with Crippen molar-refractivity contribution < 1.29 is 14.7 Å². The topological polar surface area (TPSA) is 83.6 Å². The average molecular weight is 250 g/mol. The molecule has 0 aromatic heterocycles. The van der Waals surface area contributed by atoms with E-state index in [-0.39, 0.29) is 23.9 Å². The number of hydrogen-bond acceptors (Lipinski definition) is 3. The van der Waals surface area contributed by atoms with Gasteiger partial charge in [-0.15, -0.1) is 0 Å². The lowest BCUT2D eigenvalue weighted by molar-refractivity contribution is -0.119. The summed E-state index contributed by atoms with van der Waals surface area (Å²) in [5.41, 5.74) is 6.16. The lowest BCUT2D eigenvalue weighted by atomic mass is 10.1. The van der Waals surface area contributed by atoms with Gasteiger partial charge in [-0.05, 0) is 32.9 Å². The fourth-order valence-corrected chi connectivity index (χ4v) is 1.63. The van der Waals surface area contributed by atoms with Gasteiger partial charge < -0.3 is 15.7 Å². The van der Waals surface area contributed by atoms with E-state index < -0.39 is 11.8 Å². The Kier molecular flexibility index (Phi) is 4.31. The van der Waals surface area contributed by atoms with Crippen LogP contribution >= 0.6 is 0 Å². The smallest absolute Gasteiger partial charge is 0.258 e. The number of hydrogen-bond donors (Lipinski definition) is 2. The Balaban J connectivity index is 3.09. The molecule has 98 valence electrons. The van der Waals surface area contributed by atoms with Gasteiger partial charge in [0.05, 0.1) is 12.1 Å². The summed E-state index contributed by atoms with van der Waals surface area (Å²) >= 11 is 0. The Morgan fingerprint density at radius 1 is 1.39 bits per heavy atom. The first-order valence-corrected chi connectivity index (χ1v) is 5.71. The summed E-state index contributed by atoms with van der Waals surface area (Å²) in [6.07, 6.45) is 0. The van der Waals surface area contributed by atoms with Gasteiger partial charge in [0, 0.05) is 6.04 Å². The van der Waals surface area contributed by atoms with E-state index in [9.17, 15) is 14.7 Å². The van der Waals surface area contributed by atoms with Crippen molar-refractivity contribution in [2.24, 2.45) is 5.73 Å². The highest BCUT2D eigenvalue weighted by atomic mass is 16.3. The number of aromatic hydroxyl groups is 1. The zero-order valence-electron chi connectivity index (χ0n) is 10.8. The fourth-order valence-electron chi connectivity index (χ4n) is 1.63. The molecule has 2 amide bonds. The van der Waals surface area contributed by atoms with Gasteiger partial charge in [0.15, 0.2) is 0 Å². The molecule has 5 nitrogen and oxygen atoms in total. The molecule has 0 fully saturated rings. The minimum Gasteiger partial charge on any atom is -0.507 e. The van der Waals surface area contributed by atoms with Gasteiger partial charge in [0.25, 0.3) is 5.91 Å². The third-order valence-corrected chi connectivity index (χ3v) is 2.59. The number of amides is 2.